The maximum Gasteiger partial charge on any atom is 0.245 e. The minimum atomic E-state index is -0.950. The number of nitrogens with one attached hydrogen (secondary N) is 3. The van der Waals surface area contributed by atoms with Crippen LogP contribution in [0.25, 0.3) is 0 Å². The van der Waals surface area contributed by atoms with Gasteiger partial charge in [-0.05, 0) is 50.4 Å². The number of nitrogens with zero attached hydrogens (tertiary/aromatic N) is 2. The zero-order valence-electron chi connectivity index (χ0n) is 23.1. The Labute approximate surface area is 225 Å². The molecule has 0 aromatic rings. The molecule has 1 aliphatic heterocycles. The van der Waals surface area contributed by atoms with Gasteiger partial charge in [0.1, 0.15) is 24.4 Å². The summed E-state index contributed by atoms with van der Waals surface area (Å²) in [6.45, 7) is 8.11. The molecule has 13 heteroatoms. The zero-order chi connectivity index (χ0) is 28.8. The number of nitrogens with two attached hydrogens (primary N) is 3. The first-order valence-corrected chi connectivity index (χ1v) is 13.3. The second-order valence-electron chi connectivity index (χ2n) is 10.5. The molecule has 0 saturated carbocycles. The summed E-state index contributed by atoms with van der Waals surface area (Å²) in [6.07, 6.45) is 3.41. The lowest BCUT2D eigenvalue weighted by atomic mass is 9.99. The summed E-state index contributed by atoms with van der Waals surface area (Å²) in [6, 6.07) is -3.22. The SMILES string of the molecule is CC(C)C[C@H](NC(=O)[C@H](CCCN=C(N)N)NC(=O)CN)C(=O)N[C@@H](CC(C)C)C(=O)N1CCC[C@H]1C=O. The van der Waals surface area contributed by atoms with Gasteiger partial charge in [0.05, 0.1) is 12.6 Å². The molecule has 0 aliphatic carbocycles. The molecule has 1 saturated heterocycles. The lowest BCUT2D eigenvalue weighted by Crippen LogP contribution is -2.58. The van der Waals surface area contributed by atoms with Gasteiger partial charge in [-0.25, -0.2) is 0 Å². The van der Waals surface area contributed by atoms with Crippen LogP contribution in [0, 0.1) is 11.8 Å². The van der Waals surface area contributed by atoms with Crippen LogP contribution in [0.3, 0.4) is 0 Å². The monoisotopic (exact) mass is 538 g/mol. The molecule has 1 aliphatic rings. The highest BCUT2D eigenvalue weighted by molar-refractivity contribution is 5.94. The summed E-state index contributed by atoms with van der Waals surface area (Å²) < 4.78 is 0. The van der Waals surface area contributed by atoms with Crippen molar-refractivity contribution in [2.45, 2.75) is 90.4 Å². The average Bonchev–Trinajstić information content (AvgIpc) is 3.32. The largest absolute Gasteiger partial charge is 0.370 e. The van der Waals surface area contributed by atoms with Crippen molar-refractivity contribution in [2.24, 2.45) is 34.0 Å². The van der Waals surface area contributed by atoms with Crippen LogP contribution in [0.1, 0.15) is 66.2 Å². The van der Waals surface area contributed by atoms with E-state index in [9.17, 15) is 24.0 Å². The van der Waals surface area contributed by atoms with Crippen molar-refractivity contribution in [3.63, 3.8) is 0 Å². The fourth-order valence-corrected chi connectivity index (χ4v) is 4.37. The molecule has 0 bridgehead atoms. The van der Waals surface area contributed by atoms with E-state index in [1.54, 1.807) is 0 Å². The second kappa shape index (κ2) is 16.6. The summed E-state index contributed by atoms with van der Waals surface area (Å²) >= 11 is 0. The van der Waals surface area contributed by atoms with Gasteiger partial charge in [0.25, 0.3) is 0 Å². The Kier molecular flexibility index (Phi) is 14.3. The quantitative estimate of drug-likeness (QED) is 0.0601. The Balaban J connectivity index is 3.04. The number of likely N-dealkylation sites (tertiary alicyclic amines) is 1. The van der Waals surface area contributed by atoms with E-state index in [1.165, 1.54) is 4.90 Å². The summed E-state index contributed by atoms with van der Waals surface area (Å²) in [4.78, 5) is 68.6. The third-order valence-corrected chi connectivity index (χ3v) is 6.18. The molecule has 1 rings (SSSR count). The standard InChI is InChI=1S/C25H46N8O5/c1-15(2)11-19(31-22(36)18(30-21(35)13-26)8-5-9-29-25(27)28)23(37)32-20(12-16(3)4)24(38)33-10-6-7-17(33)14-34/h14-20H,5-13,26H2,1-4H3,(H,30,35)(H,31,36)(H,32,37)(H4,27,28,29)/t17-,18-,19-,20-/m0/s1. The number of carbonyl (C=O) groups excluding carboxylic acids is 5. The van der Waals surface area contributed by atoms with Crippen LogP contribution in [0.4, 0.5) is 0 Å². The summed E-state index contributed by atoms with van der Waals surface area (Å²) in [5.74, 6) is -1.81. The molecule has 1 heterocycles. The van der Waals surface area contributed by atoms with E-state index in [0.29, 0.717) is 32.2 Å². The van der Waals surface area contributed by atoms with Crippen LogP contribution in [-0.2, 0) is 24.0 Å². The van der Waals surface area contributed by atoms with Gasteiger partial charge in [-0.1, -0.05) is 27.7 Å². The second-order valence-corrected chi connectivity index (χ2v) is 10.5. The molecule has 0 spiro atoms. The van der Waals surface area contributed by atoms with Crippen LogP contribution < -0.4 is 33.2 Å². The maximum atomic E-state index is 13.4. The average molecular weight is 539 g/mol. The molecule has 4 amide bonds. The molecule has 0 aromatic heterocycles. The maximum absolute atomic E-state index is 13.4. The zero-order valence-corrected chi connectivity index (χ0v) is 23.1. The van der Waals surface area contributed by atoms with Crippen molar-refractivity contribution in [2.75, 3.05) is 19.6 Å². The number of aliphatic imine (C=N–C) groups is 1. The van der Waals surface area contributed by atoms with E-state index in [-0.39, 0.29) is 43.2 Å². The van der Waals surface area contributed by atoms with Gasteiger partial charge in [0, 0.05) is 13.1 Å². The lowest BCUT2D eigenvalue weighted by Gasteiger charge is -2.30. The van der Waals surface area contributed by atoms with Gasteiger partial charge in [-0.15, -0.1) is 0 Å². The van der Waals surface area contributed by atoms with Gasteiger partial charge in [0.15, 0.2) is 5.96 Å². The van der Waals surface area contributed by atoms with Crippen molar-refractivity contribution in [3.05, 3.63) is 0 Å². The Morgan fingerprint density at radius 3 is 2.08 bits per heavy atom. The number of carbonyl (C=O) groups is 5. The molecule has 38 heavy (non-hydrogen) atoms. The van der Waals surface area contributed by atoms with E-state index in [1.807, 2.05) is 27.7 Å². The van der Waals surface area contributed by atoms with E-state index in [0.717, 1.165) is 12.7 Å². The van der Waals surface area contributed by atoms with Crippen molar-refractivity contribution < 1.29 is 24.0 Å². The molecule has 0 aromatic carbocycles. The third kappa shape index (κ3) is 11.4. The van der Waals surface area contributed by atoms with Gasteiger partial charge >= 0.3 is 0 Å². The van der Waals surface area contributed by atoms with Crippen LogP contribution in [0.2, 0.25) is 0 Å². The molecule has 1 fully saturated rings. The van der Waals surface area contributed by atoms with Crippen molar-refractivity contribution in [1.82, 2.24) is 20.9 Å². The number of hydrogen-bond acceptors (Lipinski definition) is 7. The van der Waals surface area contributed by atoms with E-state index in [2.05, 4.69) is 20.9 Å². The fraction of sp³-hybridized carbons (Fsp3) is 0.760. The summed E-state index contributed by atoms with van der Waals surface area (Å²) in [5.41, 5.74) is 16.1. The first-order chi connectivity index (χ1) is 17.9. The number of rotatable bonds is 16. The highest BCUT2D eigenvalue weighted by Crippen LogP contribution is 2.19. The number of guanidine groups is 1. The highest BCUT2D eigenvalue weighted by atomic mass is 16.2. The Bertz CT molecular complexity index is 844. The minimum Gasteiger partial charge on any atom is -0.370 e. The molecule has 216 valence electrons. The summed E-state index contributed by atoms with van der Waals surface area (Å²) in [5, 5.41) is 8.14. The number of amides is 4. The highest BCUT2D eigenvalue weighted by Gasteiger charge is 2.35. The van der Waals surface area contributed by atoms with Crippen molar-refractivity contribution in [1.29, 1.82) is 0 Å². The van der Waals surface area contributed by atoms with Crippen LogP contribution in [0.5, 0.6) is 0 Å². The van der Waals surface area contributed by atoms with E-state index >= 15 is 0 Å². The molecular weight excluding hydrogens is 492 g/mol. The fourth-order valence-electron chi connectivity index (χ4n) is 4.37. The van der Waals surface area contributed by atoms with Gasteiger partial charge in [-0.2, -0.15) is 0 Å². The Morgan fingerprint density at radius 2 is 1.53 bits per heavy atom. The van der Waals surface area contributed by atoms with E-state index in [4.69, 9.17) is 17.2 Å². The van der Waals surface area contributed by atoms with Crippen molar-refractivity contribution >= 4 is 35.9 Å². The molecule has 0 radical (unpaired) electrons. The normalized spacial score (nSPS) is 17.4. The van der Waals surface area contributed by atoms with Crippen LogP contribution in [-0.4, -0.2) is 84.6 Å². The predicted octanol–water partition coefficient (Wildman–Crippen LogP) is -1.26. The van der Waals surface area contributed by atoms with Crippen LogP contribution in [0.15, 0.2) is 4.99 Å². The first kappa shape index (κ1) is 32.8. The molecule has 4 atom stereocenters. The Hall–Kier alpha value is -3.22. The van der Waals surface area contributed by atoms with Crippen molar-refractivity contribution in [3.8, 4) is 0 Å². The molecule has 0 unspecified atom stereocenters. The minimum absolute atomic E-state index is 0.0438. The van der Waals surface area contributed by atoms with Gasteiger partial charge in [0.2, 0.25) is 23.6 Å². The third-order valence-electron chi connectivity index (χ3n) is 6.18. The molecular formula is C25H46N8O5. The van der Waals surface area contributed by atoms with Gasteiger partial charge in [-0.3, -0.25) is 24.2 Å². The van der Waals surface area contributed by atoms with Gasteiger partial charge < -0.3 is 42.8 Å². The summed E-state index contributed by atoms with van der Waals surface area (Å²) in [7, 11) is 0. The Morgan fingerprint density at radius 1 is 0.947 bits per heavy atom. The topological polar surface area (TPSA) is 215 Å². The van der Waals surface area contributed by atoms with E-state index < -0.39 is 41.9 Å². The molecule has 9 N–H and O–H groups in total. The lowest BCUT2D eigenvalue weighted by molar-refractivity contribution is -0.140. The number of hydrogen-bond donors (Lipinski definition) is 6. The number of aldehydes is 1. The predicted molar refractivity (Wildman–Crippen MR) is 144 cm³/mol. The smallest absolute Gasteiger partial charge is 0.245 e. The van der Waals surface area contributed by atoms with Crippen LogP contribution >= 0.6 is 0 Å². The first-order valence-electron chi connectivity index (χ1n) is 13.3. The molecule has 13 nitrogen and oxygen atoms in total.